The Balaban J connectivity index is 1.57. The Hall–Kier alpha value is -2.38. The highest BCUT2D eigenvalue weighted by Gasteiger charge is 2.05. The van der Waals surface area contributed by atoms with E-state index in [4.69, 9.17) is 5.11 Å². The van der Waals surface area contributed by atoms with Crippen molar-refractivity contribution in [1.29, 1.82) is 0 Å². The van der Waals surface area contributed by atoms with E-state index in [1.54, 1.807) is 53.6 Å². The molecule has 1 aromatic carbocycles. The van der Waals surface area contributed by atoms with Crippen LogP contribution < -0.4 is 5.32 Å². The van der Waals surface area contributed by atoms with Gasteiger partial charge >= 0.3 is 5.97 Å². The average molecular weight is 343 g/mol. The second-order valence-electron chi connectivity index (χ2n) is 4.61. The molecule has 0 bridgehead atoms. The molecular formula is C16H13N3O2S2. The monoisotopic (exact) mass is 343 g/mol. The van der Waals surface area contributed by atoms with Gasteiger partial charge < -0.3 is 10.4 Å². The number of rotatable bonds is 6. The molecule has 0 saturated carbocycles. The van der Waals surface area contributed by atoms with Crippen molar-refractivity contribution in [2.45, 2.75) is 15.8 Å². The van der Waals surface area contributed by atoms with Crippen LogP contribution in [0.2, 0.25) is 0 Å². The van der Waals surface area contributed by atoms with Gasteiger partial charge in [0, 0.05) is 12.7 Å². The second-order valence-corrected chi connectivity index (χ2v) is 6.96. The number of carboxylic acid groups (broad SMARTS) is 1. The summed E-state index contributed by atoms with van der Waals surface area (Å²) in [6, 6.07) is 12.6. The molecule has 5 nitrogen and oxygen atoms in total. The van der Waals surface area contributed by atoms with Crippen LogP contribution in [0, 0.1) is 0 Å². The van der Waals surface area contributed by atoms with Crippen molar-refractivity contribution in [3.05, 3.63) is 66.0 Å². The Kier molecular flexibility index (Phi) is 4.89. The van der Waals surface area contributed by atoms with Crippen LogP contribution in [0.1, 0.15) is 15.9 Å². The van der Waals surface area contributed by atoms with E-state index < -0.39 is 5.97 Å². The fourth-order valence-corrected chi connectivity index (χ4v) is 3.62. The van der Waals surface area contributed by atoms with Crippen LogP contribution in [0.25, 0.3) is 0 Å². The molecular weight excluding hydrogens is 330 g/mol. The minimum Gasteiger partial charge on any atom is -0.478 e. The summed E-state index contributed by atoms with van der Waals surface area (Å²) in [6.07, 6.45) is 3.59. The lowest BCUT2D eigenvalue weighted by atomic mass is 10.1. The zero-order chi connectivity index (χ0) is 16.1. The standard InChI is InChI=1S/C16H13N3O2S2/c20-15(21)12-6-4-11(5-7-12)9-18-16-19-10-14(23-16)22-13-3-1-2-8-17-13/h1-8,10H,9H2,(H,18,19)(H,20,21). The maximum atomic E-state index is 10.8. The van der Waals surface area contributed by atoms with E-state index in [1.165, 1.54) is 0 Å². The molecule has 0 spiro atoms. The summed E-state index contributed by atoms with van der Waals surface area (Å²) in [7, 11) is 0. The van der Waals surface area contributed by atoms with Crippen LogP contribution in [0.3, 0.4) is 0 Å². The number of aromatic carboxylic acids is 1. The normalized spacial score (nSPS) is 10.4. The summed E-state index contributed by atoms with van der Waals surface area (Å²) in [6.45, 7) is 0.598. The van der Waals surface area contributed by atoms with E-state index in [0.29, 0.717) is 6.54 Å². The van der Waals surface area contributed by atoms with Gasteiger partial charge in [-0.3, -0.25) is 0 Å². The molecule has 0 saturated heterocycles. The Morgan fingerprint density at radius 3 is 2.70 bits per heavy atom. The first-order valence-corrected chi connectivity index (χ1v) is 8.45. The molecule has 116 valence electrons. The van der Waals surface area contributed by atoms with Gasteiger partial charge in [-0.1, -0.05) is 41.3 Å². The molecule has 2 aromatic heterocycles. The summed E-state index contributed by atoms with van der Waals surface area (Å²) in [5.41, 5.74) is 1.29. The maximum Gasteiger partial charge on any atom is 0.335 e. The van der Waals surface area contributed by atoms with Crippen molar-refractivity contribution < 1.29 is 9.90 Å². The number of benzene rings is 1. The number of anilines is 1. The molecule has 0 aliphatic carbocycles. The van der Waals surface area contributed by atoms with Gasteiger partial charge in [0.25, 0.3) is 0 Å². The molecule has 2 heterocycles. The predicted octanol–water partition coefficient (Wildman–Crippen LogP) is 4.00. The summed E-state index contributed by atoms with van der Waals surface area (Å²) in [5, 5.41) is 13.9. The SMILES string of the molecule is O=C(O)c1ccc(CNc2ncc(Sc3ccccn3)s2)cc1. The highest BCUT2D eigenvalue weighted by molar-refractivity contribution is 8.01. The van der Waals surface area contributed by atoms with Crippen LogP contribution in [-0.4, -0.2) is 21.0 Å². The van der Waals surface area contributed by atoms with Gasteiger partial charge in [0.15, 0.2) is 5.13 Å². The average Bonchev–Trinajstić information content (AvgIpc) is 3.02. The van der Waals surface area contributed by atoms with Crippen LogP contribution in [-0.2, 0) is 6.54 Å². The molecule has 2 N–H and O–H groups in total. The molecule has 0 aliphatic heterocycles. The van der Waals surface area contributed by atoms with Gasteiger partial charge in [-0.05, 0) is 29.8 Å². The van der Waals surface area contributed by atoms with Crippen LogP contribution in [0.4, 0.5) is 5.13 Å². The molecule has 0 amide bonds. The summed E-state index contributed by atoms with van der Waals surface area (Å²) in [5.74, 6) is -0.916. The highest BCUT2D eigenvalue weighted by Crippen LogP contribution is 2.32. The van der Waals surface area contributed by atoms with E-state index in [2.05, 4.69) is 15.3 Å². The lowest BCUT2D eigenvalue weighted by molar-refractivity contribution is 0.0697. The molecule has 0 fully saturated rings. The number of carbonyl (C=O) groups is 1. The third kappa shape index (κ3) is 4.30. The Labute approximate surface area is 141 Å². The van der Waals surface area contributed by atoms with E-state index in [9.17, 15) is 4.79 Å². The molecule has 0 atom stereocenters. The van der Waals surface area contributed by atoms with E-state index in [0.717, 1.165) is 19.9 Å². The van der Waals surface area contributed by atoms with E-state index >= 15 is 0 Å². The number of nitrogens with one attached hydrogen (secondary N) is 1. The van der Waals surface area contributed by atoms with E-state index in [-0.39, 0.29) is 5.56 Å². The Morgan fingerprint density at radius 2 is 2.00 bits per heavy atom. The number of pyridine rings is 1. The number of hydrogen-bond donors (Lipinski definition) is 2. The van der Waals surface area contributed by atoms with Crippen molar-refractivity contribution in [3.63, 3.8) is 0 Å². The minimum absolute atomic E-state index is 0.289. The number of thiazole rings is 1. The van der Waals surface area contributed by atoms with Gasteiger partial charge in [-0.25, -0.2) is 14.8 Å². The summed E-state index contributed by atoms with van der Waals surface area (Å²) in [4.78, 5) is 19.4. The van der Waals surface area contributed by atoms with Crippen molar-refractivity contribution in [2.75, 3.05) is 5.32 Å². The van der Waals surface area contributed by atoms with E-state index in [1.807, 2.05) is 24.4 Å². The van der Waals surface area contributed by atoms with Gasteiger partial charge in [0.1, 0.15) is 5.03 Å². The number of carboxylic acids is 1. The third-order valence-corrected chi connectivity index (χ3v) is 4.98. The smallest absolute Gasteiger partial charge is 0.335 e. The Morgan fingerprint density at radius 1 is 1.17 bits per heavy atom. The maximum absolute atomic E-state index is 10.8. The summed E-state index contributed by atoms with van der Waals surface area (Å²) < 4.78 is 1.06. The zero-order valence-corrected chi connectivity index (χ0v) is 13.6. The quantitative estimate of drug-likeness (QED) is 0.704. The molecule has 7 heteroatoms. The molecule has 0 radical (unpaired) electrons. The minimum atomic E-state index is -0.916. The molecule has 0 unspecified atom stereocenters. The van der Waals surface area contributed by atoms with Crippen molar-refractivity contribution in [1.82, 2.24) is 9.97 Å². The summed E-state index contributed by atoms with van der Waals surface area (Å²) >= 11 is 3.14. The first kappa shape index (κ1) is 15.5. The lowest BCUT2D eigenvalue weighted by Gasteiger charge is -2.03. The Bertz CT molecular complexity index is 789. The predicted molar refractivity (Wildman–Crippen MR) is 91.2 cm³/mol. The highest BCUT2D eigenvalue weighted by atomic mass is 32.2. The first-order valence-electron chi connectivity index (χ1n) is 6.81. The molecule has 23 heavy (non-hydrogen) atoms. The molecule has 3 aromatic rings. The molecule has 0 aliphatic rings. The fourth-order valence-electron chi connectivity index (χ4n) is 1.84. The van der Waals surface area contributed by atoms with Crippen molar-refractivity contribution in [2.24, 2.45) is 0 Å². The van der Waals surface area contributed by atoms with Crippen LogP contribution >= 0.6 is 23.1 Å². The first-order chi connectivity index (χ1) is 11.2. The number of hydrogen-bond acceptors (Lipinski definition) is 6. The fraction of sp³-hybridized carbons (Fsp3) is 0.0625. The zero-order valence-electron chi connectivity index (χ0n) is 12.0. The molecule has 3 rings (SSSR count). The van der Waals surface area contributed by atoms with Crippen LogP contribution in [0.15, 0.2) is 64.1 Å². The second kappa shape index (κ2) is 7.26. The van der Waals surface area contributed by atoms with Gasteiger partial charge in [-0.2, -0.15) is 0 Å². The topological polar surface area (TPSA) is 75.1 Å². The third-order valence-electron chi connectivity index (χ3n) is 2.97. The van der Waals surface area contributed by atoms with Gasteiger partial charge in [0.2, 0.25) is 0 Å². The van der Waals surface area contributed by atoms with Crippen LogP contribution in [0.5, 0.6) is 0 Å². The number of aromatic nitrogens is 2. The van der Waals surface area contributed by atoms with Crippen molar-refractivity contribution in [3.8, 4) is 0 Å². The lowest BCUT2D eigenvalue weighted by Crippen LogP contribution is -2.00. The van der Waals surface area contributed by atoms with Gasteiger partial charge in [-0.15, -0.1) is 0 Å². The largest absolute Gasteiger partial charge is 0.478 e. The number of nitrogens with zero attached hydrogens (tertiary/aromatic N) is 2. The van der Waals surface area contributed by atoms with Crippen molar-refractivity contribution >= 4 is 34.2 Å². The van der Waals surface area contributed by atoms with Gasteiger partial charge in [0.05, 0.1) is 16.0 Å².